The summed E-state index contributed by atoms with van der Waals surface area (Å²) in [7, 11) is 0. The van der Waals surface area contributed by atoms with Crippen LogP contribution in [0.2, 0.25) is 0 Å². The Kier molecular flexibility index (Phi) is 4.97. The molecule has 1 amide bonds. The second-order valence-electron chi connectivity index (χ2n) is 5.25. The van der Waals surface area contributed by atoms with E-state index in [1.54, 1.807) is 20.8 Å². The zero-order valence-corrected chi connectivity index (χ0v) is 11.4. The first kappa shape index (κ1) is 15.1. The Morgan fingerprint density at radius 1 is 1.32 bits per heavy atom. The van der Waals surface area contributed by atoms with Crippen LogP contribution in [0.25, 0.3) is 0 Å². The lowest BCUT2D eigenvalue weighted by atomic mass is 10.2. The van der Waals surface area contributed by atoms with Gasteiger partial charge in [-0.05, 0) is 39.3 Å². The van der Waals surface area contributed by atoms with Gasteiger partial charge in [0.25, 0.3) is 0 Å². The maximum absolute atomic E-state index is 11.5. The Morgan fingerprint density at radius 3 is 2.37 bits per heavy atom. The first-order chi connectivity index (χ1) is 8.78. The minimum atomic E-state index is -1.07. The third-order valence-corrected chi connectivity index (χ3v) is 2.33. The number of alkyl carbamates (subject to hydrolysis) is 1. The minimum absolute atomic E-state index is 0.295. The van der Waals surface area contributed by atoms with Crippen LogP contribution in [0.5, 0.6) is 0 Å². The average molecular weight is 268 g/mol. The molecule has 1 atom stereocenters. The molecule has 6 heteroatoms. The Hall–Kier alpha value is -1.98. The van der Waals surface area contributed by atoms with Crippen LogP contribution in [0.15, 0.2) is 24.5 Å². The predicted octanol–water partition coefficient (Wildman–Crippen LogP) is 1.86. The van der Waals surface area contributed by atoms with Gasteiger partial charge in [0.15, 0.2) is 0 Å². The van der Waals surface area contributed by atoms with E-state index in [4.69, 9.17) is 9.84 Å². The summed E-state index contributed by atoms with van der Waals surface area (Å²) in [5, 5.41) is 11.4. The maximum atomic E-state index is 11.5. The minimum Gasteiger partial charge on any atom is -0.480 e. The molecule has 0 spiro atoms. The quantitative estimate of drug-likeness (QED) is 0.854. The Bertz CT molecular complexity index is 420. The molecule has 0 unspecified atom stereocenters. The molecule has 1 aromatic heterocycles. The van der Waals surface area contributed by atoms with Gasteiger partial charge < -0.3 is 19.7 Å². The summed E-state index contributed by atoms with van der Waals surface area (Å²) in [4.78, 5) is 22.6. The summed E-state index contributed by atoms with van der Waals surface area (Å²) in [6.45, 7) is 5.69. The van der Waals surface area contributed by atoms with Crippen molar-refractivity contribution in [1.82, 2.24) is 9.88 Å². The van der Waals surface area contributed by atoms with Gasteiger partial charge in [-0.25, -0.2) is 9.59 Å². The number of nitrogens with zero attached hydrogens (tertiary/aromatic N) is 1. The van der Waals surface area contributed by atoms with Gasteiger partial charge in [0.05, 0.1) is 0 Å². The molecule has 0 saturated carbocycles. The zero-order valence-electron chi connectivity index (χ0n) is 11.4. The molecule has 0 radical (unpaired) electrons. The fraction of sp³-hybridized carbons (Fsp3) is 0.538. The highest BCUT2D eigenvalue weighted by Crippen LogP contribution is 2.07. The molecular formula is C13H20N2O4. The maximum Gasteiger partial charge on any atom is 0.408 e. The van der Waals surface area contributed by atoms with Crippen LogP contribution in [0.1, 0.15) is 27.2 Å². The number of carbonyl (C=O) groups excluding carboxylic acids is 1. The van der Waals surface area contributed by atoms with Gasteiger partial charge in [0, 0.05) is 18.9 Å². The molecule has 0 saturated heterocycles. The van der Waals surface area contributed by atoms with Crippen molar-refractivity contribution in [3.05, 3.63) is 24.5 Å². The van der Waals surface area contributed by atoms with Gasteiger partial charge in [-0.3, -0.25) is 0 Å². The smallest absolute Gasteiger partial charge is 0.408 e. The molecule has 1 rings (SSSR count). The number of nitrogens with one attached hydrogen (secondary N) is 1. The average Bonchev–Trinajstić information content (AvgIpc) is 2.73. The van der Waals surface area contributed by atoms with Crippen molar-refractivity contribution in [3.63, 3.8) is 0 Å². The van der Waals surface area contributed by atoms with Crippen molar-refractivity contribution in [2.24, 2.45) is 0 Å². The molecule has 0 aliphatic carbocycles. The van der Waals surface area contributed by atoms with E-state index in [9.17, 15) is 9.59 Å². The summed E-state index contributed by atoms with van der Waals surface area (Å²) < 4.78 is 6.89. The lowest BCUT2D eigenvalue weighted by Gasteiger charge is -2.22. The second kappa shape index (κ2) is 6.26. The van der Waals surface area contributed by atoms with Gasteiger partial charge in [0.1, 0.15) is 11.6 Å². The number of carboxylic acids is 1. The summed E-state index contributed by atoms with van der Waals surface area (Å²) >= 11 is 0. The lowest BCUT2D eigenvalue weighted by Crippen LogP contribution is -2.43. The molecule has 6 nitrogen and oxygen atoms in total. The van der Waals surface area contributed by atoms with Gasteiger partial charge in [0.2, 0.25) is 0 Å². The third-order valence-electron chi connectivity index (χ3n) is 2.33. The molecule has 0 aromatic carbocycles. The van der Waals surface area contributed by atoms with Crippen LogP contribution in [-0.2, 0) is 16.1 Å². The Balaban J connectivity index is 2.49. The largest absolute Gasteiger partial charge is 0.480 e. The standard InChI is InChI=1S/C13H20N2O4/c1-13(2,3)19-12(18)14-10(11(16)17)6-9-15-7-4-5-8-15/h4-5,7-8,10H,6,9H2,1-3H3,(H,14,18)(H,16,17)/t10-/m1/s1. The van der Waals surface area contributed by atoms with Crippen LogP contribution in [0.4, 0.5) is 4.79 Å². The molecule has 0 fully saturated rings. The first-order valence-corrected chi connectivity index (χ1v) is 6.11. The second-order valence-corrected chi connectivity index (χ2v) is 5.25. The van der Waals surface area contributed by atoms with Crippen molar-refractivity contribution in [3.8, 4) is 0 Å². The van der Waals surface area contributed by atoms with E-state index in [1.165, 1.54) is 0 Å². The molecule has 1 aromatic rings. The van der Waals surface area contributed by atoms with Crippen molar-refractivity contribution in [2.45, 2.75) is 45.4 Å². The normalized spacial score (nSPS) is 12.8. The van der Waals surface area contributed by atoms with E-state index in [-0.39, 0.29) is 0 Å². The summed E-state index contributed by atoms with van der Waals surface area (Å²) in [6.07, 6.45) is 3.26. The number of carboxylic acid groups (broad SMARTS) is 1. The fourth-order valence-corrected chi connectivity index (χ4v) is 1.50. The van der Waals surface area contributed by atoms with Crippen LogP contribution in [0, 0.1) is 0 Å². The molecule has 0 aliphatic heterocycles. The topological polar surface area (TPSA) is 80.6 Å². The van der Waals surface area contributed by atoms with Crippen LogP contribution < -0.4 is 5.32 Å². The molecule has 0 aliphatic rings. The van der Waals surface area contributed by atoms with Gasteiger partial charge in [-0.2, -0.15) is 0 Å². The SMILES string of the molecule is CC(C)(C)OC(=O)N[C@H](CCn1cccc1)C(=O)O. The van der Waals surface area contributed by atoms with E-state index in [2.05, 4.69) is 5.32 Å². The van der Waals surface area contributed by atoms with E-state index in [0.29, 0.717) is 13.0 Å². The van der Waals surface area contributed by atoms with Crippen LogP contribution >= 0.6 is 0 Å². The van der Waals surface area contributed by atoms with Crippen molar-refractivity contribution in [1.29, 1.82) is 0 Å². The van der Waals surface area contributed by atoms with E-state index in [0.717, 1.165) is 0 Å². The molecule has 0 bridgehead atoms. The Morgan fingerprint density at radius 2 is 1.89 bits per heavy atom. The first-order valence-electron chi connectivity index (χ1n) is 6.11. The van der Waals surface area contributed by atoms with E-state index in [1.807, 2.05) is 29.1 Å². The summed E-state index contributed by atoms with van der Waals surface area (Å²) in [6, 6.07) is 2.76. The summed E-state index contributed by atoms with van der Waals surface area (Å²) in [5.41, 5.74) is -0.645. The highest BCUT2D eigenvalue weighted by atomic mass is 16.6. The number of rotatable bonds is 5. The zero-order chi connectivity index (χ0) is 14.5. The molecule has 1 heterocycles. The molecular weight excluding hydrogens is 248 g/mol. The molecule has 2 N–H and O–H groups in total. The van der Waals surface area contributed by atoms with Crippen LogP contribution in [-0.4, -0.2) is 33.4 Å². The van der Waals surface area contributed by atoms with Gasteiger partial charge in [-0.1, -0.05) is 0 Å². The van der Waals surface area contributed by atoms with Crippen LogP contribution in [0.3, 0.4) is 0 Å². The number of aromatic nitrogens is 1. The predicted molar refractivity (Wildman–Crippen MR) is 69.8 cm³/mol. The van der Waals surface area contributed by atoms with Gasteiger partial charge >= 0.3 is 12.1 Å². The lowest BCUT2D eigenvalue weighted by molar-refractivity contribution is -0.139. The van der Waals surface area contributed by atoms with Crippen molar-refractivity contribution >= 4 is 12.1 Å². The number of ether oxygens (including phenoxy) is 1. The highest BCUT2D eigenvalue weighted by Gasteiger charge is 2.23. The molecule has 106 valence electrons. The van der Waals surface area contributed by atoms with Crippen molar-refractivity contribution < 1.29 is 19.4 Å². The van der Waals surface area contributed by atoms with E-state index < -0.39 is 23.7 Å². The number of hydrogen-bond acceptors (Lipinski definition) is 3. The van der Waals surface area contributed by atoms with Crippen molar-refractivity contribution in [2.75, 3.05) is 0 Å². The third kappa shape index (κ3) is 5.94. The monoisotopic (exact) mass is 268 g/mol. The summed E-state index contributed by atoms with van der Waals surface area (Å²) in [5.74, 6) is -1.07. The Labute approximate surface area is 112 Å². The number of amides is 1. The number of aryl methyl sites for hydroxylation is 1. The number of carbonyl (C=O) groups is 2. The van der Waals surface area contributed by atoms with Gasteiger partial charge in [-0.15, -0.1) is 0 Å². The fourth-order valence-electron chi connectivity index (χ4n) is 1.50. The number of aliphatic carboxylic acids is 1. The number of hydrogen-bond donors (Lipinski definition) is 2. The highest BCUT2D eigenvalue weighted by molar-refractivity contribution is 5.79. The van der Waals surface area contributed by atoms with E-state index >= 15 is 0 Å². The molecule has 19 heavy (non-hydrogen) atoms.